The zero-order chi connectivity index (χ0) is 10.5. The second kappa shape index (κ2) is 5.86. The lowest BCUT2D eigenvalue weighted by molar-refractivity contribution is 0.101. The molecule has 0 aromatic heterocycles. The lowest BCUT2D eigenvalue weighted by Crippen LogP contribution is -2.41. The predicted molar refractivity (Wildman–Crippen MR) is 63.0 cm³/mol. The molecule has 1 heterocycles. The molecule has 88 valence electrons. The van der Waals surface area contributed by atoms with Gasteiger partial charge in [-0.05, 0) is 31.6 Å². The zero-order valence-corrected chi connectivity index (χ0v) is 10.0. The molecule has 0 bridgehead atoms. The Kier molecular flexibility index (Phi) is 4.45. The number of ether oxygens (including phenoxy) is 1. The Morgan fingerprint density at radius 2 is 2.00 bits per heavy atom. The number of rotatable bonds is 4. The normalized spacial score (nSPS) is 37.0. The van der Waals surface area contributed by atoms with Crippen LogP contribution in [0.1, 0.15) is 51.9 Å². The fourth-order valence-electron chi connectivity index (χ4n) is 3.05. The van der Waals surface area contributed by atoms with Gasteiger partial charge in [-0.15, -0.1) is 0 Å². The Morgan fingerprint density at radius 1 is 1.13 bits per heavy atom. The van der Waals surface area contributed by atoms with Gasteiger partial charge >= 0.3 is 0 Å². The Labute approximate surface area is 93.8 Å². The largest absolute Gasteiger partial charge is 0.377 e. The SMILES string of the molecule is CC[C@H]1CCCC[C@H]1NC[C@@H]1CCCO1. The number of nitrogens with one attached hydrogen (secondary N) is 1. The number of hydrogen-bond acceptors (Lipinski definition) is 2. The summed E-state index contributed by atoms with van der Waals surface area (Å²) >= 11 is 0. The maximum Gasteiger partial charge on any atom is 0.0700 e. The van der Waals surface area contributed by atoms with Crippen molar-refractivity contribution in [2.75, 3.05) is 13.2 Å². The maximum absolute atomic E-state index is 5.65. The van der Waals surface area contributed by atoms with Gasteiger partial charge in [0.2, 0.25) is 0 Å². The second-order valence-electron chi connectivity index (χ2n) is 5.10. The van der Waals surface area contributed by atoms with E-state index in [1.165, 1.54) is 44.9 Å². The van der Waals surface area contributed by atoms with Crippen LogP contribution in [0.25, 0.3) is 0 Å². The topological polar surface area (TPSA) is 21.3 Å². The summed E-state index contributed by atoms with van der Waals surface area (Å²) in [7, 11) is 0. The van der Waals surface area contributed by atoms with Gasteiger partial charge in [-0.1, -0.05) is 26.2 Å². The van der Waals surface area contributed by atoms with Gasteiger partial charge in [0.05, 0.1) is 6.10 Å². The molecule has 2 fully saturated rings. The van der Waals surface area contributed by atoms with E-state index in [9.17, 15) is 0 Å². The van der Waals surface area contributed by atoms with E-state index in [0.29, 0.717) is 6.10 Å². The molecule has 2 aliphatic rings. The molecule has 0 aromatic carbocycles. The first kappa shape index (κ1) is 11.4. The highest BCUT2D eigenvalue weighted by atomic mass is 16.5. The van der Waals surface area contributed by atoms with Crippen molar-refractivity contribution in [3.05, 3.63) is 0 Å². The summed E-state index contributed by atoms with van der Waals surface area (Å²) in [6, 6.07) is 0.771. The van der Waals surface area contributed by atoms with E-state index in [-0.39, 0.29) is 0 Å². The van der Waals surface area contributed by atoms with Crippen LogP contribution >= 0.6 is 0 Å². The first-order chi connectivity index (χ1) is 7.40. The van der Waals surface area contributed by atoms with Gasteiger partial charge in [0, 0.05) is 19.2 Å². The van der Waals surface area contributed by atoms with E-state index in [1.54, 1.807) is 0 Å². The molecule has 1 aliphatic heterocycles. The third-order valence-electron chi connectivity index (χ3n) is 4.07. The average Bonchev–Trinajstić information content (AvgIpc) is 2.79. The van der Waals surface area contributed by atoms with E-state index >= 15 is 0 Å². The van der Waals surface area contributed by atoms with Crippen molar-refractivity contribution < 1.29 is 4.74 Å². The lowest BCUT2D eigenvalue weighted by Gasteiger charge is -2.32. The highest BCUT2D eigenvalue weighted by molar-refractivity contribution is 4.81. The third-order valence-corrected chi connectivity index (χ3v) is 4.07. The molecule has 0 radical (unpaired) electrons. The molecule has 15 heavy (non-hydrogen) atoms. The van der Waals surface area contributed by atoms with Gasteiger partial charge < -0.3 is 10.1 Å². The van der Waals surface area contributed by atoms with Crippen molar-refractivity contribution in [3.8, 4) is 0 Å². The first-order valence-corrected chi connectivity index (χ1v) is 6.75. The van der Waals surface area contributed by atoms with Crippen LogP contribution in [0.2, 0.25) is 0 Å². The summed E-state index contributed by atoms with van der Waals surface area (Å²) < 4.78 is 5.65. The van der Waals surface area contributed by atoms with Crippen LogP contribution in [0.3, 0.4) is 0 Å². The minimum absolute atomic E-state index is 0.504. The van der Waals surface area contributed by atoms with E-state index in [2.05, 4.69) is 12.2 Å². The quantitative estimate of drug-likeness (QED) is 0.772. The molecule has 1 N–H and O–H groups in total. The van der Waals surface area contributed by atoms with Gasteiger partial charge in [-0.3, -0.25) is 0 Å². The molecule has 2 rings (SSSR count). The first-order valence-electron chi connectivity index (χ1n) is 6.75. The molecule has 0 amide bonds. The summed E-state index contributed by atoms with van der Waals surface area (Å²) in [5.74, 6) is 0.917. The van der Waals surface area contributed by atoms with Crippen molar-refractivity contribution in [1.29, 1.82) is 0 Å². The molecule has 1 saturated heterocycles. The van der Waals surface area contributed by atoms with E-state index in [4.69, 9.17) is 4.74 Å². The Bertz CT molecular complexity index is 177. The maximum atomic E-state index is 5.65. The molecule has 0 aromatic rings. The molecule has 0 spiro atoms. The van der Waals surface area contributed by atoms with Crippen LogP contribution in [-0.2, 0) is 4.74 Å². The smallest absolute Gasteiger partial charge is 0.0700 e. The standard InChI is InChI=1S/C13H25NO/c1-2-11-6-3-4-8-13(11)14-10-12-7-5-9-15-12/h11-14H,2-10H2,1H3/t11-,12-,13+/m0/s1. The van der Waals surface area contributed by atoms with E-state index in [1.807, 2.05) is 0 Å². The fraction of sp³-hybridized carbons (Fsp3) is 1.00. The van der Waals surface area contributed by atoms with Crippen LogP contribution in [0.4, 0.5) is 0 Å². The molecule has 1 saturated carbocycles. The average molecular weight is 211 g/mol. The fourth-order valence-corrected chi connectivity index (χ4v) is 3.05. The molecule has 3 atom stereocenters. The molecule has 2 heteroatoms. The van der Waals surface area contributed by atoms with Gasteiger partial charge in [-0.2, -0.15) is 0 Å². The van der Waals surface area contributed by atoms with Crippen molar-refractivity contribution in [2.24, 2.45) is 5.92 Å². The summed E-state index contributed by atoms with van der Waals surface area (Å²) in [4.78, 5) is 0. The molecule has 1 aliphatic carbocycles. The summed E-state index contributed by atoms with van der Waals surface area (Å²) in [6.45, 7) is 4.39. The van der Waals surface area contributed by atoms with Crippen LogP contribution in [0.15, 0.2) is 0 Å². The van der Waals surface area contributed by atoms with Gasteiger partial charge in [0.25, 0.3) is 0 Å². The summed E-state index contributed by atoms with van der Waals surface area (Å²) in [5.41, 5.74) is 0. The minimum atomic E-state index is 0.504. The van der Waals surface area contributed by atoms with Crippen molar-refractivity contribution in [1.82, 2.24) is 5.32 Å². The van der Waals surface area contributed by atoms with Gasteiger partial charge in [0.15, 0.2) is 0 Å². The van der Waals surface area contributed by atoms with E-state index < -0.39 is 0 Å². The van der Waals surface area contributed by atoms with Crippen molar-refractivity contribution >= 4 is 0 Å². The monoisotopic (exact) mass is 211 g/mol. The zero-order valence-electron chi connectivity index (χ0n) is 10.0. The second-order valence-corrected chi connectivity index (χ2v) is 5.10. The molecule has 0 unspecified atom stereocenters. The van der Waals surface area contributed by atoms with Gasteiger partial charge in [-0.25, -0.2) is 0 Å². The van der Waals surface area contributed by atoms with Crippen molar-refractivity contribution in [2.45, 2.75) is 64.0 Å². The highest BCUT2D eigenvalue weighted by Crippen LogP contribution is 2.27. The third kappa shape index (κ3) is 3.18. The van der Waals surface area contributed by atoms with Crippen LogP contribution in [0, 0.1) is 5.92 Å². The van der Waals surface area contributed by atoms with Crippen LogP contribution < -0.4 is 5.32 Å². The van der Waals surface area contributed by atoms with Crippen LogP contribution in [-0.4, -0.2) is 25.3 Å². The van der Waals surface area contributed by atoms with Crippen molar-refractivity contribution in [3.63, 3.8) is 0 Å². The molecular formula is C13H25NO. The Hall–Kier alpha value is -0.0800. The lowest BCUT2D eigenvalue weighted by atomic mass is 9.83. The Balaban J connectivity index is 1.71. The molecular weight excluding hydrogens is 186 g/mol. The number of hydrogen-bond donors (Lipinski definition) is 1. The van der Waals surface area contributed by atoms with Gasteiger partial charge in [0.1, 0.15) is 0 Å². The molecule has 2 nitrogen and oxygen atoms in total. The minimum Gasteiger partial charge on any atom is -0.377 e. The predicted octanol–water partition coefficient (Wildman–Crippen LogP) is 2.72. The summed E-state index contributed by atoms with van der Waals surface area (Å²) in [5, 5.41) is 3.74. The summed E-state index contributed by atoms with van der Waals surface area (Å²) in [6.07, 6.45) is 10.0. The highest BCUT2D eigenvalue weighted by Gasteiger charge is 2.24. The van der Waals surface area contributed by atoms with Crippen LogP contribution in [0.5, 0.6) is 0 Å². The van der Waals surface area contributed by atoms with E-state index in [0.717, 1.165) is 25.1 Å². The Morgan fingerprint density at radius 3 is 2.73 bits per heavy atom.